The maximum Gasteiger partial charge on any atom is 0.154 e. The maximum atomic E-state index is 10.1. The van der Waals surface area contributed by atoms with Gasteiger partial charge in [-0.25, -0.2) is 0 Å². The Labute approximate surface area is 229 Å². The molecule has 0 saturated heterocycles. The highest BCUT2D eigenvalue weighted by atomic mass is 15.0. The number of rotatable bonds is 2. The van der Waals surface area contributed by atoms with Crippen molar-refractivity contribution >= 4 is 49.3 Å². The highest BCUT2D eigenvalue weighted by molar-refractivity contribution is 6.12. The van der Waals surface area contributed by atoms with Crippen molar-refractivity contribution in [2.24, 2.45) is 0 Å². The molecular weight excluding hydrogens is 492 g/mol. The second-order valence-electron chi connectivity index (χ2n) is 8.90. The van der Waals surface area contributed by atoms with Gasteiger partial charge in [0.15, 0.2) is 5.57 Å². The third kappa shape index (κ3) is 3.57. The molecule has 0 atom stereocenters. The van der Waals surface area contributed by atoms with Gasteiger partial charge in [0, 0.05) is 27.6 Å². The average Bonchev–Trinajstić information content (AvgIpc) is 3.51. The zero-order chi connectivity index (χ0) is 27.6. The van der Waals surface area contributed by atoms with Crippen LogP contribution < -0.4 is 0 Å². The Morgan fingerprint density at radius 2 is 0.850 bits per heavy atom. The van der Waals surface area contributed by atoms with E-state index >= 15 is 0 Å². The molecule has 4 aromatic carbocycles. The van der Waals surface area contributed by atoms with Crippen LogP contribution in [0.25, 0.3) is 49.3 Å². The zero-order valence-electron chi connectivity index (χ0n) is 20.9. The summed E-state index contributed by atoms with van der Waals surface area (Å²) in [7, 11) is 0. The SMILES string of the molecule is N#CC(C#N)=C(C#Cn1c2ccccc2c2ccccc21)C(=C(C#N)C#N)n1c2ccccc2c2ccccc21. The molecule has 6 rings (SSSR count). The van der Waals surface area contributed by atoms with Gasteiger partial charge in [0.1, 0.15) is 29.8 Å². The summed E-state index contributed by atoms with van der Waals surface area (Å²) in [5.74, 6) is 3.04. The molecule has 6 aromatic rings. The highest BCUT2D eigenvalue weighted by Crippen LogP contribution is 2.36. The van der Waals surface area contributed by atoms with E-state index in [2.05, 4.69) is 12.0 Å². The first-order valence-electron chi connectivity index (χ1n) is 12.3. The molecule has 0 aliphatic carbocycles. The normalized spacial score (nSPS) is 10.2. The van der Waals surface area contributed by atoms with E-state index in [-0.39, 0.29) is 22.4 Å². The molecule has 40 heavy (non-hydrogen) atoms. The summed E-state index contributed by atoms with van der Waals surface area (Å²) in [4.78, 5) is 0. The Morgan fingerprint density at radius 1 is 0.475 bits per heavy atom. The Morgan fingerprint density at radius 3 is 1.27 bits per heavy atom. The number of para-hydroxylation sites is 4. The smallest absolute Gasteiger partial charge is 0.154 e. The van der Waals surface area contributed by atoms with Gasteiger partial charge in [0.25, 0.3) is 0 Å². The van der Waals surface area contributed by atoms with Crippen molar-refractivity contribution in [2.45, 2.75) is 0 Å². The van der Waals surface area contributed by atoms with Crippen molar-refractivity contribution in [3.05, 3.63) is 114 Å². The molecule has 182 valence electrons. The number of allylic oxidation sites excluding steroid dienone is 4. The minimum Gasteiger partial charge on any atom is -0.306 e. The van der Waals surface area contributed by atoms with Gasteiger partial charge in [-0.15, -0.1) is 0 Å². The number of fused-ring (bicyclic) bond motifs is 6. The summed E-state index contributed by atoms with van der Waals surface area (Å²) in [6.07, 6.45) is 0. The summed E-state index contributed by atoms with van der Waals surface area (Å²) < 4.78 is 3.55. The van der Waals surface area contributed by atoms with Crippen LogP contribution >= 0.6 is 0 Å². The van der Waals surface area contributed by atoms with E-state index in [0.717, 1.165) is 32.6 Å². The van der Waals surface area contributed by atoms with Crippen LogP contribution in [-0.4, -0.2) is 9.13 Å². The number of benzene rings is 4. The van der Waals surface area contributed by atoms with E-state index < -0.39 is 0 Å². The number of hydrogen-bond donors (Lipinski definition) is 0. The quantitative estimate of drug-likeness (QED) is 0.142. The molecule has 0 radical (unpaired) electrons. The predicted molar refractivity (Wildman–Crippen MR) is 155 cm³/mol. The molecule has 0 N–H and O–H groups in total. The van der Waals surface area contributed by atoms with Crippen LogP contribution in [0.5, 0.6) is 0 Å². The fourth-order valence-electron chi connectivity index (χ4n) is 5.17. The molecule has 0 fully saturated rings. The van der Waals surface area contributed by atoms with E-state index in [1.54, 1.807) is 9.13 Å². The second kappa shape index (κ2) is 9.74. The number of nitrogens with zero attached hydrogens (tertiary/aromatic N) is 6. The lowest BCUT2D eigenvalue weighted by atomic mass is 10.0. The van der Waals surface area contributed by atoms with Crippen molar-refractivity contribution in [1.29, 1.82) is 21.0 Å². The third-order valence-corrected chi connectivity index (χ3v) is 6.85. The fourth-order valence-corrected chi connectivity index (χ4v) is 5.17. The van der Waals surface area contributed by atoms with Crippen LogP contribution in [-0.2, 0) is 0 Å². The summed E-state index contributed by atoms with van der Waals surface area (Å²) in [5.41, 5.74) is 2.67. The lowest BCUT2D eigenvalue weighted by molar-refractivity contribution is 1.20. The molecule has 0 unspecified atom stereocenters. The standard InChI is InChI=1S/C34H16N6/c35-19-23(20-36)25(17-18-39-30-13-5-1-9-26(30)27-10-2-6-14-31(27)39)34(24(21-37)22-38)40-32-15-7-3-11-28(32)29-12-4-8-16-33(29)40/h1-16H. The fraction of sp³-hybridized carbons (Fsp3) is 0. The zero-order valence-corrected chi connectivity index (χ0v) is 20.9. The first-order chi connectivity index (χ1) is 19.7. The summed E-state index contributed by atoms with van der Waals surface area (Å²) in [5, 5.41) is 43.9. The van der Waals surface area contributed by atoms with E-state index in [4.69, 9.17) is 0 Å². The molecule has 0 amide bonds. The lowest BCUT2D eigenvalue weighted by Gasteiger charge is -2.13. The molecule has 0 spiro atoms. The van der Waals surface area contributed by atoms with Gasteiger partial charge < -0.3 is 4.57 Å². The molecule has 0 saturated carbocycles. The molecule has 6 heteroatoms. The highest BCUT2D eigenvalue weighted by Gasteiger charge is 2.23. The minimum atomic E-state index is -0.298. The van der Waals surface area contributed by atoms with Gasteiger partial charge >= 0.3 is 0 Å². The topological polar surface area (TPSA) is 105 Å². The van der Waals surface area contributed by atoms with Gasteiger partial charge in [-0.1, -0.05) is 72.8 Å². The van der Waals surface area contributed by atoms with Crippen molar-refractivity contribution in [1.82, 2.24) is 9.13 Å². The van der Waals surface area contributed by atoms with Gasteiger partial charge in [-0.05, 0) is 30.2 Å². The molecular formula is C34H16N6. The third-order valence-electron chi connectivity index (χ3n) is 6.85. The first-order valence-corrected chi connectivity index (χ1v) is 12.3. The molecule has 2 aromatic heterocycles. The number of aromatic nitrogens is 2. The van der Waals surface area contributed by atoms with Crippen molar-refractivity contribution in [3.63, 3.8) is 0 Å². The minimum absolute atomic E-state index is 0.00327. The van der Waals surface area contributed by atoms with Crippen molar-refractivity contribution in [3.8, 4) is 36.2 Å². The molecule has 6 nitrogen and oxygen atoms in total. The van der Waals surface area contributed by atoms with Gasteiger partial charge in [-0.2, -0.15) is 21.0 Å². The molecule has 0 aliphatic rings. The van der Waals surface area contributed by atoms with Crippen molar-refractivity contribution in [2.75, 3.05) is 0 Å². The van der Waals surface area contributed by atoms with Gasteiger partial charge in [0.2, 0.25) is 0 Å². The van der Waals surface area contributed by atoms with Crippen LogP contribution in [0, 0.1) is 57.3 Å². The van der Waals surface area contributed by atoms with Crippen LogP contribution in [0.15, 0.2) is 114 Å². The van der Waals surface area contributed by atoms with E-state index in [0.29, 0.717) is 11.0 Å². The van der Waals surface area contributed by atoms with Gasteiger partial charge in [-0.3, -0.25) is 4.57 Å². The monoisotopic (exact) mass is 508 g/mol. The Balaban J connectivity index is 1.74. The van der Waals surface area contributed by atoms with Crippen LogP contribution in [0.1, 0.15) is 0 Å². The molecule has 0 bridgehead atoms. The van der Waals surface area contributed by atoms with E-state index in [1.807, 2.05) is 121 Å². The van der Waals surface area contributed by atoms with E-state index in [9.17, 15) is 21.0 Å². The van der Waals surface area contributed by atoms with Crippen LogP contribution in [0.4, 0.5) is 0 Å². The van der Waals surface area contributed by atoms with E-state index in [1.165, 1.54) is 0 Å². The van der Waals surface area contributed by atoms with Crippen molar-refractivity contribution < 1.29 is 0 Å². The van der Waals surface area contributed by atoms with Crippen LogP contribution in [0.3, 0.4) is 0 Å². The Bertz CT molecular complexity index is 2180. The number of hydrogen-bond acceptors (Lipinski definition) is 4. The Kier molecular flexibility index (Phi) is 5.81. The second-order valence-corrected chi connectivity index (χ2v) is 8.90. The number of nitriles is 4. The lowest BCUT2D eigenvalue weighted by Crippen LogP contribution is -2.05. The largest absolute Gasteiger partial charge is 0.306 e. The van der Waals surface area contributed by atoms with Gasteiger partial charge in [0.05, 0.1) is 33.3 Å². The maximum absolute atomic E-state index is 10.1. The first kappa shape index (κ1) is 23.9. The Hall–Kier alpha value is -6.52. The predicted octanol–water partition coefficient (Wildman–Crippen LogP) is 7.01. The summed E-state index contributed by atoms with van der Waals surface area (Å²) in [6.45, 7) is 0. The van der Waals surface area contributed by atoms with Crippen LogP contribution in [0.2, 0.25) is 0 Å². The average molecular weight is 509 g/mol. The molecule has 0 aliphatic heterocycles. The summed E-state index contributed by atoms with van der Waals surface area (Å²) >= 11 is 0. The summed E-state index contributed by atoms with van der Waals surface area (Å²) in [6, 6.07) is 41.8. The molecule has 2 heterocycles.